The molecule has 1 aromatic heterocycles. The summed E-state index contributed by atoms with van der Waals surface area (Å²) >= 11 is 0. The summed E-state index contributed by atoms with van der Waals surface area (Å²) in [5.74, 6) is 1.39. The molecule has 4 aliphatic rings. The van der Waals surface area contributed by atoms with Gasteiger partial charge in [0.15, 0.2) is 0 Å². The highest BCUT2D eigenvalue weighted by molar-refractivity contribution is 5.95. The first-order chi connectivity index (χ1) is 20.4. The lowest BCUT2D eigenvalue weighted by Crippen LogP contribution is -2.56. The van der Waals surface area contributed by atoms with Gasteiger partial charge < -0.3 is 29.6 Å². The molecule has 4 aliphatic heterocycles. The molecule has 3 atom stereocenters. The zero-order chi connectivity index (χ0) is 29.0. The van der Waals surface area contributed by atoms with Gasteiger partial charge >= 0.3 is 6.09 Å². The highest BCUT2D eigenvalue weighted by Gasteiger charge is 2.44. The summed E-state index contributed by atoms with van der Waals surface area (Å²) in [7, 11) is 2.10. The van der Waals surface area contributed by atoms with Crippen LogP contribution < -0.4 is 14.5 Å². The lowest BCUT2D eigenvalue weighted by Gasteiger charge is -2.42. The number of nitriles is 1. The van der Waals surface area contributed by atoms with Crippen LogP contribution >= 0.6 is 0 Å². The fraction of sp³-hybridized carbons (Fsp3) is 0.469. The highest BCUT2D eigenvalue weighted by atomic mass is 16.5. The molecule has 3 fully saturated rings. The predicted octanol–water partition coefficient (Wildman–Crippen LogP) is 4.18. The van der Waals surface area contributed by atoms with Crippen LogP contribution in [-0.2, 0) is 13.0 Å². The molecule has 3 aromatic rings. The van der Waals surface area contributed by atoms with Crippen LogP contribution in [0.25, 0.3) is 10.8 Å². The zero-order valence-electron chi connectivity index (χ0n) is 23.9. The van der Waals surface area contributed by atoms with Crippen LogP contribution in [0.15, 0.2) is 36.4 Å². The van der Waals surface area contributed by atoms with Crippen LogP contribution in [0, 0.1) is 11.3 Å². The van der Waals surface area contributed by atoms with Gasteiger partial charge in [-0.3, -0.25) is 4.90 Å². The van der Waals surface area contributed by atoms with Crippen molar-refractivity contribution < 1.29 is 19.7 Å². The molecule has 218 valence electrons. The van der Waals surface area contributed by atoms with Crippen molar-refractivity contribution in [2.24, 2.45) is 0 Å². The minimum atomic E-state index is -0.851. The summed E-state index contributed by atoms with van der Waals surface area (Å²) < 4.78 is 6.37. The largest absolute Gasteiger partial charge is 0.508 e. The molecule has 0 saturated carbocycles. The van der Waals surface area contributed by atoms with E-state index >= 15 is 0 Å². The standard InChI is InChI=1S/C32H36N6O4/c1-35-11-4-6-23(35)19-42-31-27(15-33)28-18-36(29-14-24(39)13-20-5-2-3-7-25(20)29)12-10-26(28)30(34-31)37-16-21-8-9-22(17-37)38(21)32(40)41/h2-3,5,7,13-14,21-23,39H,4,6,8-12,16-19H2,1H3,(H,40,41)/t21-,22-,23-/m0/s1. The Labute approximate surface area is 245 Å². The molecule has 1 amide bonds. The van der Waals surface area contributed by atoms with Gasteiger partial charge in [-0.25, -0.2) is 4.79 Å². The molecule has 2 aromatic carbocycles. The van der Waals surface area contributed by atoms with Gasteiger partial charge in [-0.2, -0.15) is 10.2 Å². The number of likely N-dealkylation sites (N-methyl/N-ethyl adjacent to an activating group) is 1. The first-order valence-electron chi connectivity index (χ1n) is 14.9. The Morgan fingerprint density at radius 1 is 1.10 bits per heavy atom. The molecule has 3 saturated heterocycles. The van der Waals surface area contributed by atoms with Crippen molar-refractivity contribution in [3.8, 4) is 17.7 Å². The minimum absolute atomic E-state index is 0.0652. The van der Waals surface area contributed by atoms with Gasteiger partial charge in [-0.15, -0.1) is 0 Å². The zero-order valence-corrected chi connectivity index (χ0v) is 23.9. The first kappa shape index (κ1) is 26.7. The van der Waals surface area contributed by atoms with Gasteiger partial charge in [0.05, 0.1) is 12.1 Å². The van der Waals surface area contributed by atoms with Crippen molar-refractivity contribution in [1.82, 2.24) is 14.8 Å². The lowest BCUT2D eigenvalue weighted by molar-refractivity contribution is 0.114. The second-order valence-electron chi connectivity index (χ2n) is 12.1. The summed E-state index contributed by atoms with van der Waals surface area (Å²) in [6.45, 7) is 3.86. The molecular weight excluding hydrogens is 532 g/mol. The van der Waals surface area contributed by atoms with E-state index in [-0.39, 0.29) is 23.9 Å². The number of benzene rings is 2. The maximum atomic E-state index is 12.0. The Morgan fingerprint density at radius 2 is 1.88 bits per heavy atom. The second kappa shape index (κ2) is 10.6. The molecule has 2 N–H and O–H groups in total. The number of carbonyl (C=O) groups is 1. The third-order valence-electron chi connectivity index (χ3n) is 9.70. The Balaban J connectivity index is 1.29. The molecule has 2 bridgehead atoms. The molecule has 10 heteroatoms. The second-order valence-corrected chi connectivity index (χ2v) is 12.1. The number of hydrogen-bond acceptors (Lipinski definition) is 8. The van der Waals surface area contributed by atoms with E-state index in [1.165, 1.54) is 0 Å². The Morgan fingerprint density at radius 3 is 2.60 bits per heavy atom. The quantitative estimate of drug-likeness (QED) is 0.468. The number of likely N-dealkylation sites (tertiary alicyclic amines) is 1. The van der Waals surface area contributed by atoms with E-state index in [4.69, 9.17) is 9.72 Å². The molecule has 5 heterocycles. The van der Waals surface area contributed by atoms with Crippen molar-refractivity contribution in [3.05, 3.63) is 53.1 Å². The third kappa shape index (κ3) is 4.52. The van der Waals surface area contributed by atoms with Crippen molar-refractivity contribution in [2.45, 2.75) is 56.8 Å². The summed E-state index contributed by atoms with van der Waals surface area (Å²) in [6, 6.07) is 14.2. The summed E-state index contributed by atoms with van der Waals surface area (Å²) in [5.41, 5.74) is 3.35. The van der Waals surface area contributed by atoms with Crippen molar-refractivity contribution in [1.29, 1.82) is 5.26 Å². The smallest absolute Gasteiger partial charge is 0.407 e. The lowest BCUT2D eigenvalue weighted by atomic mass is 9.94. The number of amides is 1. The fourth-order valence-corrected chi connectivity index (χ4v) is 7.57. The van der Waals surface area contributed by atoms with Gasteiger partial charge in [0.1, 0.15) is 29.8 Å². The number of nitrogens with zero attached hydrogens (tertiary/aromatic N) is 6. The van der Waals surface area contributed by atoms with E-state index in [1.807, 2.05) is 18.2 Å². The van der Waals surface area contributed by atoms with Crippen molar-refractivity contribution >= 4 is 28.4 Å². The van der Waals surface area contributed by atoms with E-state index in [9.17, 15) is 20.3 Å². The monoisotopic (exact) mass is 568 g/mol. The number of aromatic nitrogens is 1. The molecule has 0 spiro atoms. The number of pyridine rings is 1. The van der Waals surface area contributed by atoms with Gasteiger partial charge in [0, 0.05) is 60.5 Å². The van der Waals surface area contributed by atoms with Gasteiger partial charge in [-0.05, 0) is 57.1 Å². The number of aromatic hydroxyl groups is 1. The number of carboxylic acid groups (broad SMARTS) is 1. The molecule has 10 nitrogen and oxygen atoms in total. The number of ether oxygens (including phenoxy) is 1. The van der Waals surface area contributed by atoms with Crippen LogP contribution in [0.3, 0.4) is 0 Å². The van der Waals surface area contributed by atoms with Crippen LogP contribution in [-0.4, -0.2) is 89.0 Å². The van der Waals surface area contributed by atoms with Crippen LogP contribution in [0.2, 0.25) is 0 Å². The molecule has 0 aliphatic carbocycles. The summed E-state index contributed by atoms with van der Waals surface area (Å²) in [6.07, 6.45) is 3.70. The fourth-order valence-electron chi connectivity index (χ4n) is 7.57. The normalized spacial score (nSPS) is 23.7. The van der Waals surface area contributed by atoms with Gasteiger partial charge in [-0.1, -0.05) is 24.3 Å². The number of rotatable bonds is 5. The number of hydrogen-bond donors (Lipinski definition) is 2. The number of fused-ring (bicyclic) bond motifs is 4. The minimum Gasteiger partial charge on any atom is -0.508 e. The van der Waals surface area contributed by atoms with Crippen LogP contribution in [0.1, 0.15) is 42.4 Å². The van der Waals surface area contributed by atoms with Crippen LogP contribution in [0.5, 0.6) is 11.6 Å². The molecule has 42 heavy (non-hydrogen) atoms. The molecule has 7 rings (SSSR count). The Hall–Kier alpha value is -4.23. The van der Waals surface area contributed by atoms with E-state index in [2.05, 4.69) is 33.9 Å². The van der Waals surface area contributed by atoms with E-state index in [1.54, 1.807) is 17.0 Å². The van der Waals surface area contributed by atoms with Crippen LogP contribution in [0.4, 0.5) is 16.3 Å². The maximum absolute atomic E-state index is 12.0. The van der Waals surface area contributed by atoms with Crippen molar-refractivity contribution in [2.75, 3.05) is 49.6 Å². The Bertz CT molecular complexity index is 1570. The Kier molecular flexibility index (Phi) is 6.70. The maximum Gasteiger partial charge on any atom is 0.407 e. The van der Waals surface area contributed by atoms with Gasteiger partial charge in [0.25, 0.3) is 0 Å². The van der Waals surface area contributed by atoms with E-state index < -0.39 is 6.09 Å². The predicted molar refractivity (Wildman–Crippen MR) is 159 cm³/mol. The summed E-state index contributed by atoms with van der Waals surface area (Å²) in [4.78, 5) is 25.4. The third-order valence-corrected chi connectivity index (χ3v) is 9.70. The van der Waals surface area contributed by atoms with E-state index in [0.29, 0.717) is 50.7 Å². The molecule has 0 unspecified atom stereocenters. The highest BCUT2D eigenvalue weighted by Crippen LogP contribution is 2.41. The van der Waals surface area contributed by atoms with E-state index in [0.717, 1.165) is 65.6 Å². The average molecular weight is 569 g/mol. The average Bonchev–Trinajstić information content (AvgIpc) is 3.53. The molecule has 0 radical (unpaired) electrons. The van der Waals surface area contributed by atoms with Gasteiger partial charge in [0.2, 0.25) is 5.88 Å². The number of phenolic OH excluding ortho intramolecular Hbond substituents is 1. The number of anilines is 2. The SMILES string of the molecule is CN1CCC[C@H]1COc1nc(N2C[C@@H]3CC[C@@H](C2)N3C(=O)O)c2c(c1C#N)CN(c1cc(O)cc3ccccc13)CC2. The van der Waals surface area contributed by atoms with Crippen molar-refractivity contribution in [3.63, 3.8) is 0 Å². The summed E-state index contributed by atoms with van der Waals surface area (Å²) in [5, 5.41) is 32.8. The number of phenols is 1. The topological polar surface area (TPSA) is 116 Å². The first-order valence-corrected chi connectivity index (χ1v) is 14.9. The number of piperazine rings is 1. The molecular formula is C32H36N6O4.